The number of rotatable bonds is 4. The summed E-state index contributed by atoms with van der Waals surface area (Å²) in [5.41, 5.74) is 0. The SMILES string of the molecule is CCCCOC(=O)N[C@@H]1CNCC[C@H]1F. The summed E-state index contributed by atoms with van der Waals surface area (Å²) in [5, 5.41) is 5.56. The van der Waals surface area contributed by atoms with Crippen molar-refractivity contribution in [3.05, 3.63) is 0 Å². The number of nitrogens with one attached hydrogen (secondary N) is 2. The molecule has 0 radical (unpaired) electrons. The smallest absolute Gasteiger partial charge is 0.407 e. The van der Waals surface area contributed by atoms with Crippen LogP contribution in [0.25, 0.3) is 0 Å². The number of alkyl halides is 1. The van der Waals surface area contributed by atoms with Gasteiger partial charge in [0.2, 0.25) is 0 Å². The zero-order valence-electron chi connectivity index (χ0n) is 9.09. The maximum absolute atomic E-state index is 13.3. The summed E-state index contributed by atoms with van der Waals surface area (Å²) in [7, 11) is 0. The minimum atomic E-state index is -0.968. The predicted molar refractivity (Wildman–Crippen MR) is 55.6 cm³/mol. The van der Waals surface area contributed by atoms with Gasteiger partial charge in [0.1, 0.15) is 6.17 Å². The Morgan fingerprint density at radius 2 is 2.47 bits per heavy atom. The fraction of sp³-hybridized carbons (Fsp3) is 0.900. The first-order valence-corrected chi connectivity index (χ1v) is 5.52. The molecule has 0 aromatic carbocycles. The molecule has 2 N–H and O–H groups in total. The minimum Gasteiger partial charge on any atom is -0.450 e. The summed E-state index contributed by atoms with van der Waals surface area (Å²) >= 11 is 0. The summed E-state index contributed by atoms with van der Waals surface area (Å²) in [6.45, 7) is 3.57. The molecule has 0 aromatic rings. The molecular weight excluding hydrogens is 199 g/mol. The number of hydrogen-bond acceptors (Lipinski definition) is 3. The highest BCUT2D eigenvalue weighted by Gasteiger charge is 2.26. The standard InChI is InChI=1S/C10H19FN2O2/c1-2-3-6-15-10(14)13-9-7-12-5-4-8(9)11/h8-9,12H,2-7H2,1H3,(H,13,14)/t8-,9-/m1/s1. The average Bonchev–Trinajstić information content (AvgIpc) is 2.22. The van der Waals surface area contributed by atoms with Crippen LogP contribution < -0.4 is 10.6 Å². The second-order valence-corrected chi connectivity index (χ2v) is 3.75. The van der Waals surface area contributed by atoms with E-state index in [9.17, 15) is 9.18 Å². The van der Waals surface area contributed by atoms with E-state index in [0.29, 0.717) is 26.1 Å². The van der Waals surface area contributed by atoms with Gasteiger partial charge in [0.25, 0.3) is 0 Å². The van der Waals surface area contributed by atoms with Crippen LogP contribution in [0.2, 0.25) is 0 Å². The number of hydrogen-bond donors (Lipinski definition) is 2. The van der Waals surface area contributed by atoms with Crippen LogP contribution >= 0.6 is 0 Å². The van der Waals surface area contributed by atoms with Crippen molar-refractivity contribution in [1.29, 1.82) is 0 Å². The lowest BCUT2D eigenvalue weighted by Crippen LogP contribution is -2.52. The third-order valence-corrected chi connectivity index (χ3v) is 2.43. The van der Waals surface area contributed by atoms with Gasteiger partial charge in [0.05, 0.1) is 12.6 Å². The number of carbonyl (C=O) groups is 1. The Morgan fingerprint density at radius 3 is 3.13 bits per heavy atom. The lowest BCUT2D eigenvalue weighted by atomic mass is 10.1. The van der Waals surface area contributed by atoms with E-state index >= 15 is 0 Å². The number of halogens is 1. The van der Waals surface area contributed by atoms with Gasteiger partial charge in [-0.3, -0.25) is 0 Å². The quantitative estimate of drug-likeness (QED) is 0.697. The van der Waals surface area contributed by atoms with Crippen LogP contribution in [0.1, 0.15) is 26.2 Å². The van der Waals surface area contributed by atoms with Crippen LogP contribution in [0, 0.1) is 0 Å². The first kappa shape index (κ1) is 12.2. The maximum Gasteiger partial charge on any atom is 0.407 e. The highest BCUT2D eigenvalue weighted by atomic mass is 19.1. The predicted octanol–water partition coefficient (Wildman–Crippen LogP) is 1.21. The molecule has 0 spiro atoms. The molecule has 1 heterocycles. The van der Waals surface area contributed by atoms with Crippen molar-refractivity contribution in [1.82, 2.24) is 10.6 Å². The summed E-state index contributed by atoms with van der Waals surface area (Å²) in [6, 6.07) is -0.451. The van der Waals surface area contributed by atoms with Gasteiger partial charge in [-0.1, -0.05) is 13.3 Å². The molecule has 1 saturated heterocycles. The van der Waals surface area contributed by atoms with Gasteiger partial charge in [-0.25, -0.2) is 9.18 Å². The van der Waals surface area contributed by atoms with E-state index in [0.717, 1.165) is 12.8 Å². The van der Waals surface area contributed by atoms with Gasteiger partial charge >= 0.3 is 6.09 Å². The monoisotopic (exact) mass is 218 g/mol. The molecule has 15 heavy (non-hydrogen) atoms. The Morgan fingerprint density at radius 1 is 1.67 bits per heavy atom. The molecule has 0 saturated carbocycles. The molecule has 4 nitrogen and oxygen atoms in total. The van der Waals surface area contributed by atoms with E-state index in [2.05, 4.69) is 10.6 Å². The topological polar surface area (TPSA) is 50.4 Å². The summed E-state index contributed by atoms with van der Waals surface area (Å²) < 4.78 is 18.2. The van der Waals surface area contributed by atoms with Crippen LogP contribution in [-0.2, 0) is 4.74 Å². The van der Waals surface area contributed by atoms with Gasteiger partial charge in [-0.15, -0.1) is 0 Å². The molecule has 0 bridgehead atoms. The maximum atomic E-state index is 13.3. The molecule has 0 unspecified atom stereocenters. The van der Waals surface area contributed by atoms with Crippen molar-refractivity contribution >= 4 is 6.09 Å². The van der Waals surface area contributed by atoms with E-state index in [1.165, 1.54) is 0 Å². The molecule has 5 heteroatoms. The molecule has 1 aliphatic heterocycles. The zero-order valence-corrected chi connectivity index (χ0v) is 9.09. The van der Waals surface area contributed by atoms with Gasteiger partial charge in [-0.2, -0.15) is 0 Å². The highest BCUT2D eigenvalue weighted by Crippen LogP contribution is 2.07. The second kappa shape index (κ2) is 6.61. The van der Waals surface area contributed by atoms with E-state index in [-0.39, 0.29) is 0 Å². The van der Waals surface area contributed by atoms with Crippen molar-refractivity contribution < 1.29 is 13.9 Å². The van der Waals surface area contributed by atoms with Gasteiger partial charge in [0.15, 0.2) is 0 Å². The van der Waals surface area contributed by atoms with Gasteiger partial charge < -0.3 is 15.4 Å². The molecule has 1 amide bonds. The largest absolute Gasteiger partial charge is 0.450 e. The van der Waals surface area contributed by atoms with E-state index in [1.807, 2.05) is 6.92 Å². The van der Waals surface area contributed by atoms with E-state index < -0.39 is 18.3 Å². The molecule has 0 aliphatic carbocycles. The van der Waals surface area contributed by atoms with Crippen LogP contribution in [0.5, 0.6) is 0 Å². The molecule has 1 aliphatic rings. The molecule has 2 atom stereocenters. The summed E-state index contributed by atoms with van der Waals surface area (Å²) in [6.07, 6.45) is 0.782. The van der Waals surface area contributed by atoms with Gasteiger partial charge in [-0.05, 0) is 19.4 Å². The first-order chi connectivity index (χ1) is 7.24. The van der Waals surface area contributed by atoms with Crippen molar-refractivity contribution in [3.63, 3.8) is 0 Å². The summed E-state index contributed by atoms with van der Waals surface area (Å²) in [4.78, 5) is 11.2. The first-order valence-electron chi connectivity index (χ1n) is 5.52. The Hall–Kier alpha value is -0.840. The lowest BCUT2D eigenvalue weighted by molar-refractivity contribution is 0.126. The lowest BCUT2D eigenvalue weighted by Gasteiger charge is -2.27. The fourth-order valence-electron chi connectivity index (χ4n) is 1.47. The summed E-state index contributed by atoms with van der Waals surface area (Å²) in [5.74, 6) is 0. The Kier molecular flexibility index (Phi) is 5.39. The molecule has 88 valence electrons. The molecule has 1 fully saturated rings. The number of alkyl carbamates (subject to hydrolysis) is 1. The Bertz CT molecular complexity index is 202. The van der Waals surface area contributed by atoms with Crippen LogP contribution in [-0.4, -0.2) is 38.0 Å². The number of ether oxygens (including phenoxy) is 1. The molecule has 1 rings (SSSR count). The molecule has 0 aromatic heterocycles. The fourth-order valence-corrected chi connectivity index (χ4v) is 1.47. The Labute approximate surface area is 89.6 Å². The normalized spacial score (nSPS) is 26.0. The van der Waals surface area contributed by atoms with E-state index in [1.54, 1.807) is 0 Å². The number of amides is 1. The molecular formula is C10H19FN2O2. The minimum absolute atomic E-state index is 0.402. The number of piperidine rings is 1. The van der Waals surface area contributed by atoms with Crippen molar-refractivity contribution in [2.24, 2.45) is 0 Å². The second-order valence-electron chi connectivity index (χ2n) is 3.75. The number of carbonyl (C=O) groups excluding carboxylic acids is 1. The van der Waals surface area contributed by atoms with Crippen LogP contribution in [0.15, 0.2) is 0 Å². The van der Waals surface area contributed by atoms with Crippen LogP contribution in [0.4, 0.5) is 9.18 Å². The third-order valence-electron chi connectivity index (χ3n) is 2.43. The van der Waals surface area contributed by atoms with Crippen molar-refractivity contribution in [2.45, 2.75) is 38.4 Å². The van der Waals surface area contributed by atoms with Crippen LogP contribution in [0.3, 0.4) is 0 Å². The average molecular weight is 218 g/mol. The Balaban J connectivity index is 2.18. The van der Waals surface area contributed by atoms with Crippen molar-refractivity contribution in [3.8, 4) is 0 Å². The highest BCUT2D eigenvalue weighted by molar-refractivity contribution is 5.67. The number of unbranched alkanes of at least 4 members (excludes halogenated alkanes) is 1. The van der Waals surface area contributed by atoms with E-state index in [4.69, 9.17) is 4.74 Å². The zero-order chi connectivity index (χ0) is 11.1. The van der Waals surface area contributed by atoms with Gasteiger partial charge in [0, 0.05) is 6.54 Å². The van der Waals surface area contributed by atoms with Crippen molar-refractivity contribution in [2.75, 3.05) is 19.7 Å². The third kappa shape index (κ3) is 4.46.